The van der Waals surface area contributed by atoms with Crippen molar-refractivity contribution in [1.82, 2.24) is 41.7 Å². The molecule has 2 aliphatic rings. The van der Waals surface area contributed by atoms with Crippen molar-refractivity contribution in [2.45, 2.75) is 231 Å². The number of amides is 10. The average Bonchev–Trinajstić information content (AvgIpc) is 1.68. The van der Waals surface area contributed by atoms with E-state index in [1.165, 1.54) is 45.1 Å². The first-order valence-corrected chi connectivity index (χ1v) is 43.0. The van der Waals surface area contributed by atoms with E-state index in [0.717, 1.165) is 4.90 Å². The number of carboxylic acid groups (broad SMARTS) is 1. The Kier molecular flexibility index (Phi) is 73.6. The van der Waals surface area contributed by atoms with Gasteiger partial charge in [0, 0.05) is 163 Å². The van der Waals surface area contributed by atoms with Crippen molar-refractivity contribution in [3.8, 4) is 0 Å². The van der Waals surface area contributed by atoms with Crippen LogP contribution in [0.4, 0.5) is 0 Å². The molecule has 0 aromatic rings. The molecule has 44 heteroatoms. The summed E-state index contributed by atoms with van der Waals surface area (Å²) < 4.78 is 77.9. The molecule has 0 radical (unpaired) electrons. The fourth-order valence-electron chi connectivity index (χ4n) is 10.3. The monoisotopic (exact) mass is 1810 g/mol. The maximum absolute atomic E-state index is 12.4. The largest absolute Gasteiger partial charge is 0.481 e. The summed E-state index contributed by atoms with van der Waals surface area (Å²) in [5.74, 6) is -5.63. The molecule has 0 spiro atoms. The van der Waals surface area contributed by atoms with E-state index in [9.17, 15) is 77.3 Å². The van der Waals surface area contributed by atoms with Gasteiger partial charge in [0.25, 0.3) is 0 Å². The first kappa shape index (κ1) is 119. The smallest absolute Gasteiger partial charge is 0.305 e. The lowest BCUT2D eigenvalue weighted by Gasteiger charge is -2.21. The number of aliphatic hydroxyl groups excluding tert-OH is 5. The van der Waals surface area contributed by atoms with E-state index < -0.39 is 61.2 Å². The van der Waals surface area contributed by atoms with Crippen LogP contribution in [0.25, 0.3) is 0 Å². The van der Waals surface area contributed by atoms with E-state index in [-0.39, 0.29) is 329 Å². The van der Waals surface area contributed by atoms with Crippen molar-refractivity contribution < 1.29 is 169 Å². The Morgan fingerprint density at radius 1 is 0.379 bits per heavy atom. The van der Waals surface area contributed by atoms with E-state index in [4.69, 9.17) is 91.5 Å². The first-order chi connectivity index (χ1) is 59.3. The van der Waals surface area contributed by atoms with Crippen molar-refractivity contribution in [3.63, 3.8) is 0 Å². The average molecular weight is 1810 g/mol. The molecule has 11 atom stereocenters. The second-order valence-corrected chi connectivity index (χ2v) is 29.7. The van der Waals surface area contributed by atoms with Crippen LogP contribution in [-0.4, -0.2) is 370 Å². The Bertz CT molecular complexity index is 2920. The van der Waals surface area contributed by atoms with Crippen LogP contribution in [-0.2, 0) is 138 Å². The van der Waals surface area contributed by atoms with Crippen molar-refractivity contribution >= 4 is 94.7 Å². The van der Waals surface area contributed by atoms with Gasteiger partial charge in [0.15, 0.2) is 25.2 Å². The number of nitrogens with zero attached hydrogens (tertiary/aromatic N) is 2. The number of carboxylic acids is 1. The summed E-state index contributed by atoms with van der Waals surface area (Å²) in [5.41, 5.74) is 0. The third kappa shape index (κ3) is 61.1. The number of methoxy groups -OCH3 is 4. The Balaban J connectivity index is 0. The van der Waals surface area contributed by atoms with Crippen molar-refractivity contribution in [2.75, 3.05) is 187 Å². The summed E-state index contributed by atoms with van der Waals surface area (Å²) in [5, 5.41) is 69.0. The number of rotatable bonds is 71. The number of hydrogen-bond acceptors (Lipinski definition) is 35. The minimum absolute atomic E-state index is 0.0347. The summed E-state index contributed by atoms with van der Waals surface area (Å²) in [6.45, 7) is 17.4. The molecular formula is C80H144N8O35S. The minimum Gasteiger partial charge on any atom is -0.481 e. The Morgan fingerprint density at radius 2 is 0.677 bits per heavy atom. The van der Waals surface area contributed by atoms with Crippen LogP contribution < -0.4 is 31.9 Å². The highest BCUT2D eigenvalue weighted by molar-refractivity contribution is 8.01. The predicted octanol–water partition coefficient (Wildman–Crippen LogP) is -0.563. The zero-order chi connectivity index (χ0) is 93.4. The lowest BCUT2D eigenvalue weighted by molar-refractivity contribution is -0.194. The number of imide groups is 2. The third-order valence-electron chi connectivity index (χ3n) is 17.9. The number of nitrogens with one attached hydrogen (secondary N) is 6. The highest BCUT2D eigenvalue weighted by Gasteiger charge is 2.42. The van der Waals surface area contributed by atoms with Gasteiger partial charge in [0.1, 0.15) is 19.8 Å². The molecular weight excluding hydrogens is 1660 g/mol. The summed E-state index contributed by atoms with van der Waals surface area (Å²) in [6, 6.07) is 0. The fraction of sp³-hybridized carbons (Fsp3) is 0.825. The number of aliphatic hydroxyl groups is 5. The van der Waals surface area contributed by atoms with Gasteiger partial charge in [-0.3, -0.25) is 76.9 Å². The number of hydrogen-bond donors (Lipinski definition) is 12. The molecule has 0 aromatic carbocycles. The summed E-state index contributed by atoms with van der Waals surface area (Å²) >= 11 is 1.46. The normalized spacial score (nSPS) is 16.2. The second-order valence-electron chi connectivity index (χ2n) is 28.0. The minimum atomic E-state index is -0.945. The van der Waals surface area contributed by atoms with Crippen LogP contribution in [0.2, 0.25) is 0 Å². The molecule has 43 nitrogen and oxygen atoms in total. The topological polar surface area (TPSA) is 577 Å². The van der Waals surface area contributed by atoms with Gasteiger partial charge in [0.2, 0.25) is 59.1 Å². The van der Waals surface area contributed by atoms with Gasteiger partial charge < -0.3 is 134 Å². The molecule has 2 rings (SSSR count). The number of esters is 3. The SMILES string of the molecule is CCC(CO)OC(CO)OC.CCC(CO)OC(COC(=O)CCCC(=O)NCCNC(=O)CCOCCOCCNC(=O)CCN1C(=O)C(C)C(C)C1=O)OC.CCC(CO)OC(COC(=O)CCCC(=O)NCCNC(=O)CCOCCOCCNC(=O)CCN1C(=O)CC(SC(C)C)C1=O)OC.CCC(CO)OC(COC(=O)CCCC(=O)O)OC. The predicted molar refractivity (Wildman–Crippen MR) is 444 cm³/mol. The quantitative estimate of drug-likeness (QED) is 0.0119. The summed E-state index contributed by atoms with van der Waals surface area (Å²) in [4.78, 5) is 168. The maximum atomic E-state index is 12.4. The Labute approximate surface area is 731 Å². The number of aliphatic carboxylic acids is 1. The zero-order valence-electron chi connectivity index (χ0n) is 74.5. The lowest BCUT2D eigenvalue weighted by atomic mass is 10.00. The second kappa shape index (κ2) is 76.8. The molecule has 12 N–H and O–H groups in total. The Morgan fingerprint density at radius 3 is 0.984 bits per heavy atom. The highest BCUT2D eigenvalue weighted by atomic mass is 32.2. The number of thioether (sulfide) groups is 1. The van der Waals surface area contributed by atoms with E-state index in [1.54, 1.807) is 13.8 Å². The molecule has 0 aromatic heterocycles. The summed E-state index contributed by atoms with van der Waals surface area (Å²) in [6.07, 6.45) is -0.200. The van der Waals surface area contributed by atoms with Gasteiger partial charge in [-0.15, -0.1) is 11.8 Å². The number of carbonyl (C=O) groups is 14. The van der Waals surface area contributed by atoms with E-state index in [2.05, 4.69) is 31.9 Å². The number of ether oxygens (including phenoxy) is 15. The highest BCUT2D eigenvalue weighted by Crippen LogP contribution is 2.29. The van der Waals surface area contributed by atoms with Gasteiger partial charge in [-0.2, -0.15) is 0 Å². The molecule has 2 aliphatic heterocycles. The van der Waals surface area contributed by atoms with Crippen molar-refractivity contribution in [3.05, 3.63) is 0 Å². The van der Waals surface area contributed by atoms with Gasteiger partial charge in [0.05, 0.1) is 116 Å². The van der Waals surface area contributed by atoms with Crippen molar-refractivity contribution in [2.24, 2.45) is 11.8 Å². The molecule has 0 aliphatic carbocycles. The maximum Gasteiger partial charge on any atom is 0.305 e. The van der Waals surface area contributed by atoms with Gasteiger partial charge in [-0.25, -0.2) is 0 Å². The van der Waals surface area contributed by atoms with Gasteiger partial charge in [-0.1, -0.05) is 55.4 Å². The van der Waals surface area contributed by atoms with Gasteiger partial charge in [-0.05, 0) is 50.2 Å². The van der Waals surface area contributed by atoms with Crippen LogP contribution >= 0.6 is 11.8 Å². The van der Waals surface area contributed by atoms with Crippen LogP contribution in [0, 0.1) is 11.8 Å². The molecule has 2 saturated heterocycles. The van der Waals surface area contributed by atoms with Crippen LogP contribution in [0.1, 0.15) is 171 Å². The molecule has 124 heavy (non-hydrogen) atoms. The van der Waals surface area contributed by atoms with E-state index >= 15 is 0 Å². The fourth-order valence-corrected chi connectivity index (χ4v) is 11.4. The first-order valence-electron chi connectivity index (χ1n) is 42.1. The molecule has 11 unspecified atom stereocenters. The number of likely N-dealkylation sites (tertiary alicyclic amines) is 2. The van der Waals surface area contributed by atoms with Gasteiger partial charge >= 0.3 is 23.9 Å². The van der Waals surface area contributed by atoms with Crippen LogP contribution in [0.15, 0.2) is 0 Å². The van der Waals surface area contributed by atoms with Crippen LogP contribution in [0.3, 0.4) is 0 Å². The number of carbonyl (C=O) groups excluding carboxylic acids is 13. The molecule has 0 saturated carbocycles. The lowest BCUT2D eigenvalue weighted by Crippen LogP contribution is -2.36. The van der Waals surface area contributed by atoms with Crippen LogP contribution in [0.5, 0.6) is 0 Å². The Hall–Kier alpha value is -7.35. The molecule has 720 valence electrons. The molecule has 2 heterocycles. The van der Waals surface area contributed by atoms with E-state index in [0.29, 0.717) is 38.5 Å². The summed E-state index contributed by atoms with van der Waals surface area (Å²) in [7, 11) is 5.68. The third-order valence-corrected chi connectivity index (χ3v) is 19.1. The molecule has 10 amide bonds. The standard InChI is InChI=1S/C31H54N4O12S.C30H52N4O12.C12H22O7.C7H16O4/c1-5-23(20-36)47-30(43-4)21-46-29(41)8-6-7-25(37)32-11-12-33-27(39)10-15-44-17-18-45-16-13-34-26(38)9-14-35-28(40)19-24(31(35)42)48-22(2)3;1-5-23(19-35)46-28(42-4)20-45-27(39)8-6-7-24(36)31-11-12-32-26(38)10-15-43-17-18-44-16-13-33-25(37)9-14-34-29(40)21(2)22(3)30(34)41;1-3-9(7-13)19-12(17-2)8-18-11(16)6-4-5-10(14)15;1-3-6(4-8)11-7(5-9)10-2/h22-24,30,36H,5-21H2,1-4H3,(H,32,37)(H,33,39)(H,34,38);21-23,28,35H,5-20H2,1-4H3,(H,31,36)(H,32,38)(H,33,37);9,12-13H,3-8H2,1-2H3,(H,14,15);6-9H,3-5H2,1-2H3. The molecule has 2 fully saturated rings. The van der Waals surface area contributed by atoms with E-state index in [1.807, 2.05) is 41.5 Å². The molecule has 0 bridgehead atoms. The zero-order valence-corrected chi connectivity index (χ0v) is 75.3. The van der Waals surface area contributed by atoms with Crippen molar-refractivity contribution in [1.29, 1.82) is 0 Å².